The Kier molecular flexibility index (Phi) is 6.10. The second-order valence-corrected chi connectivity index (χ2v) is 11.7. The molecule has 0 radical (unpaired) electrons. The number of rotatable bonds is 6. The molecule has 166 valence electrons. The van der Waals surface area contributed by atoms with Crippen LogP contribution in [0.15, 0.2) is 0 Å². The minimum atomic E-state index is 0.153. The molecule has 0 aromatic heterocycles. The van der Waals surface area contributed by atoms with E-state index in [0.29, 0.717) is 29.8 Å². The molecular weight excluding hydrogens is 360 g/mol. The summed E-state index contributed by atoms with van der Waals surface area (Å²) < 4.78 is 5.45. The molecule has 3 nitrogen and oxygen atoms in total. The van der Waals surface area contributed by atoms with Gasteiger partial charge in [-0.15, -0.1) is 0 Å². The highest BCUT2D eigenvalue weighted by Gasteiger charge is 2.62. The Morgan fingerprint density at radius 3 is 2.45 bits per heavy atom. The maximum Gasteiger partial charge on any atom is 0.293 e. The van der Waals surface area contributed by atoms with Crippen molar-refractivity contribution in [1.82, 2.24) is 0 Å². The van der Waals surface area contributed by atoms with Crippen LogP contribution in [0.2, 0.25) is 0 Å². The summed E-state index contributed by atoms with van der Waals surface area (Å²) in [6.45, 7) is 11.0. The topological polar surface area (TPSA) is 46.5 Å². The standard InChI is InChI=1S/C26H44O3/c1-5-18-14-20-22-7-6-21(17(2)10-13-27)25(22,3)12-9-23(20)26(4)11-8-19(29-16-28)15-24(18)26/h16-24,27H,5-15H2,1-4H3/t17-,18+,19-,20?,21-,22?,23?,24?,25-,26-/m1/s1. The monoisotopic (exact) mass is 404 g/mol. The van der Waals surface area contributed by atoms with Gasteiger partial charge in [-0.2, -0.15) is 0 Å². The molecule has 0 amide bonds. The van der Waals surface area contributed by atoms with E-state index in [1.54, 1.807) is 0 Å². The molecule has 4 fully saturated rings. The highest BCUT2D eigenvalue weighted by molar-refractivity contribution is 5.37. The number of aliphatic hydroxyl groups excluding tert-OH is 1. The molecule has 1 N–H and O–H groups in total. The normalized spacial score (nSPS) is 50.2. The van der Waals surface area contributed by atoms with Gasteiger partial charge in [-0.25, -0.2) is 0 Å². The van der Waals surface area contributed by atoms with Crippen LogP contribution in [0.5, 0.6) is 0 Å². The molecule has 4 unspecified atom stereocenters. The van der Waals surface area contributed by atoms with Crippen molar-refractivity contribution < 1.29 is 14.6 Å². The van der Waals surface area contributed by atoms with E-state index in [4.69, 9.17) is 4.74 Å². The van der Waals surface area contributed by atoms with Crippen LogP contribution in [0.3, 0.4) is 0 Å². The lowest BCUT2D eigenvalue weighted by atomic mass is 9.42. The first kappa shape index (κ1) is 21.7. The Bertz CT molecular complexity index is 591. The van der Waals surface area contributed by atoms with Gasteiger partial charge in [0.05, 0.1) is 0 Å². The Hall–Kier alpha value is -0.570. The van der Waals surface area contributed by atoms with Crippen LogP contribution in [0.4, 0.5) is 0 Å². The molecule has 29 heavy (non-hydrogen) atoms. The largest absolute Gasteiger partial charge is 0.465 e. The maximum absolute atomic E-state index is 10.9. The maximum atomic E-state index is 10.9. The van der Waals surface area contributed by atoms with E-state index >= 15 is 0 Å². The minimum absolute atomic E-state index is 0.153. The molecule has 0 aromatic carbocycles. The first-order chi connectivity index (χ1) is 13.9. The minimum Gasteiger partial charge on any atom is -0.465 e. The second kappa shape index (κ2) is 8.17. The fourth-order valence-corrected chi connectivity index (χ4v) is 9.50. The third-order valence-corrected chi connectivity index (χ3v) is 10.9. The fourth-order valence-electron chi connectivity index (χ4n) is 9.50. The summed E-state index contributed by atoms with van der Waals surface area (Å²) in [6.07, 6.45) is 12.7. The van der Waals surface area contributed by atoms with Crippen molar-refractivity contribution in [3.63, 3.8) is 0 Å². The van der Waals surface area contributed by atoms with E-state index < -0.39 is 0 Å². The Balaban J connectivity index is 1.59. The van der Waals surface area contributed by atoms with E-state index in [-0.39, 0.29) is 6.10 Å². The molecule has 4 rings (SSSR count). The van der Waals surface area contributed by atoms with Crippen molar-refractivity contribution >= 4 is 6.47 Å². The number of carbonyl (C=O) groups excluding carboxylic acids is 1. The summed E-state index contributed by atoms with van der Waals surface area (Å²) in [4.78, 5) is 10.9. The van der Waals surface area contributed by atoms with E-state index in [1.807, 2.05) is 0 Å². The van der Waals surface area contributed by atoms with Gasteiger partial charge in [-0.3, -0.25) is 4.79 Å². The summed E-state index contributed by atoms with van der Waals surface area (Å²) >= 11 is 0. The van der Waals surface area contributed by atoms with Gasteiger partial charge >= 0.3 is 0 Å². The third kappa shape index (κ3) is 3.38. The fraction of sp³-hybridized carbons (Fsp3) is 0.962. The number of ether oxygens (including phenoxy) is 1. The van der Waals surface area contributed by atoms with E-state index in [2.05, 4.69) is 27.7 Å². The van der Waals surface area contributed by atoms with Gasteiger partial charge in [0.1, 0.15) is 6.10 Å². The summed E-state index contributed by atoms with van der Waals surface area (Å²) in [7, 11) is 0. The molecule has 0 saturated heterocycles. The molecule has 3 heteroatoms. The van der Waals surface area contributed by atoms with Crippen molar-refractivity contribution in [2.24, 2.45) is 52.3 Å². The zero-order valence-electron chi connectivity index (χ0n) is 19.2. The number of fused-ring (bicyclic) bond motifs is 5. The lowest BCUT2D eigenvalue weighted by molar-refractivity contribution is -0.164. The van der Waals surface area contributed by atoms with Gasteiger partial charge in [0.25, 0.3) is 6.47 Å². The van der Waals surface area contributed by atoms with Gasteiger partial charge in [-0.05, 0) is 110 Å². The highest BCUT2D eigenvalue weighted by Crippen LogP contribution is 2.69. The van der Waals surface area contributed by atoms with Crippen LogP contribution in [0, 0.1) is 52.3 Å². The first-order valence-electron chi connectivity index (χ1n) is 12.6. The number of hydrogen-bond donors (Lipinski definition) is 1. The molecule has 10 atom stereocenters. The van der Waals surface area contributed by atoms with Crippen molar-refractivity contribution in [3.8, 4) is 0 Å². The van der Waals surface area contributed by atoms with Crippen molar-refractivity contribution in [3.05, 3.63) is 0 Å². The number of hydrogen-bond acceptors (Lipinski definition) is 3. The smallest absolute Gasteiger partial charge is 0.293 e. The van der Waals surface area contributed by atoms with Crippen molar-refractivity contribution in [2.75, 3.05) is 6.61 Å². The molecule has 0 spiro atoms. The molecule has 4 saturated carbocycles. The highest BCUT2D eigenvalue weighted by atomic mass is 16.5. The lowest BCUT2D eigenvalue weighted by Gasteiger charge is -2.63. The van der Waals surface area contributed by atoms with Crippen LogP contribution in [0.25, 0.3) is 0 Å². The van der Waals surface area contributed by atoms with E-state index in [9.17, 15) is 9.90 Å². The van der Waals surface area contributed by atoms with Crippen LogP contribution in [-0.4, -0.2) is 24.3 Å². The zero-order chi connectivity index (χ0) is 20.8. The van der Waals surface area contributed by atoms with Crippen LogP contribution < -0.4 is 0 Å². The van der Waals surface area contributed by atoms with Gasteiger partial charge in [0.15, 0.2) is 0 Å². The van der Waals surface area contributed by atoms with Gasteiger partial charge in [0.2, 0.25) is 0 Å². The number of aliphatic hydroxyl groups is 1. The Morgan fingerprint density at radius 1 is 1.03 bits per heavy atom. The summed E-state index contributed by atoms with van der Waals surface area (Å²) in [6, 6.07) is 0. The van der Waals surface area contributed by atoms with Crippen molar-refractivity contribution in [1.29, 1.82) is 0 Å². The predicted octanol–water partition coefficient (Wildman–Crippen LogP) is 5.84. The average molecular weight is 405 g/mol. The average Bonchev–Trinajstić information content (AvgIpc) is 3.05. The molecular formula is C26H44O3. The van der Waals surface area contributed by atoms with Crippen LogP contribution in [0.1, 0.15) is 91.9 Å². The van der Waals surface area contributed by atoms with E-state index in [1.165, 1.54) is 44.9 Å². The Labute approximate surface area is 178 Å². The SMILES string of the molecule is CC[C@H]1CC2C(CC[C@@]3(C)C2CC[C@@H]3[C@H](C)CCO)[C@@]2(C)CC[C@@H](OC=O)CC12. The lowest BCUT2D eigenvalue weighted by Crippen LogP contribution is -2.57. The van der Waals surface area contributed by atoms with Crippen LogP contribution >= 0.6 is 0 Å². The van der Waals surface area contributed by atoms with Gasteiger partial charge in [0, 0.05) is 6.61 Å². The Morgan fingerprint density at radius 2 is 1.76 bits per heavy atom. The first-order valence-corrected chi connectivity index (χ1v) is 12.6. The quantitative estimate of drug-likeness (QED) is 0.566. The van der Waals surface area contributed by atoms with Gasteiger partial charge < -0.3 is 9.84 Å². The molecule has 0 heterocycles. The molecule has 0 aromatic rings. The summed E-state index contributed by atoms with van der Waals surface area (Å²) in [5, 5.41) is 9.52. The van der Waals surface area contributed by atoms with Crippen LogP contribution in [-0.2, 0) is 9.53 Å². The number of carbonyl (C=O) groups is 1. The molecule has 4 aliphatic carbocycles. The summed E-state index contributed by atoms with van der Waals surface area (Å²) in [5.74, 6) is 5.58. The van der Waals surface area contributed by atoms with Crippen molar-refractivity contribution in [2.45, 2.75) is 98.0 Å². The predicted molar refractivity (Wildman–Crippen MR) is 116 cm³/mol. The second-order valence-electron chi connectivity index (χ2n) is 11.7. The third-order valence-electron chi connectivity index (χ3n) is 10.9. The molecule has 0 bridgehead atoms. The van der Waals surface area contributed by atoms with E-state index in [0.717, 1.165) is 54.8 Å². The van der Waals surface area contributed by atoms with Gasteiger partial charge in [-0.1, -0.05) is 34.1 Å². The summed E-state index contributed by atoms with van der Waals surface area (Å²) in [5.41, 5.74) is 0.914. The molecule has 0 aliphatic heterocycles. The zero-order valence-corrected chi connectivity index (χ0v) is 19.2. The molecule has 4 aliphatic rings.